The molecule has 2 amide bonds. The average molecular weight is 522 g/mol. The molecule has 2 aromatic rings. The first-order valence-corrected chi connectivity index (χ1v) is 14.0. The third-order valence-corrected chi connectivity index (χ3v) is 7.60. The minimum Gasteiger partial charge on any atom is -0.352 e. The molecule has 1 fully saturated rings. The van der Waals surface area contributed by atoms with Crippen molar-refractivity contribution in [3.8, 4) is 0 Å². The first kappa shape index (κ1) is 27.6. The Kier molecular flexibility index (Phi) is 9.42. The van der Waals surface area contributed by atoms with Gasteiger partial charge in [0.15, 0.2) is 11.6 Å². The van der Waals surface area contributed by atoms with Crippen LogP contribution in [0.15, 0.2) is 48.5 Å². The first-order chi connectivity index (χ1) is 17.1. The molecule has 1 aliphatic rings. The normalized spacial score (nSPS) is 14.9. The monoisotopic (exact) mass is 521 g/mol. The number of amides is 2. The minimum absolute atomic E-state index is 0.0192. The molecule has 36 heavy (non-hydrogen) atoms. The number of halogens is 2. The second-order valence-electron chi connectivity index (χ2n) is 9.21. The van der Waals surface area contributed by atoms with Crippen LogP contribution in [0.3, 0.4) is 0 Å². The van der Waals surface area contributed by atoms with E-state index in [1.54, 1.807) is 6.92 Å². The molecule has 0 spiro atoms. The van der Waals surface area contributed by atoms with Crippen molar-refractivity contribution in [1.29, 1.82) is 0 Å². The number of anilines is 1. The van der Waals surface area contributed by atoms with Crippen LogP contribution in [0.4, 0.5) is 14.5 Å². The lowest BCUT2D eigenvalue weighted by atomic mass is 10.1. The number of hydrogen-bond acceptors (Lipinski definition) is 4. The Hall–Kier alpha value is -3.01. The Balaban J connectivity index is 1.70. The molecule has 0 saturated heterocycles. The number of sulfonamides is 1. The van der Waals surface area contributed by atoms with Gasteiger partial charge in [0, 0.05) is 31.6 Å². The van der Waals surface area contributed by atoms with Crippen molar-refractivity contribution in [2.45, 2.75) is 64.1 Å². The van der Waals surface area contributed by atoms with Gasteiger partial charge in [-0.25, -0.2) is 17.2 Å². The fraction of sp³-hybridized carbons (Fsp3) is 0.462. The zero-order valence-electron chi connectivity index (χ0n) is 20.6. The number of carbonyl (C=O) groups excluding carboxylic acids is 2. The fourth-order valence-corrected chi connectivity index (χ4v) is 5.36. The molecule has 0 radical (unpaired) electrons. The van der Waals surface area contributed by atoms with Gasteiger partial charge in [-0.15, -0.1) is 0 Å². The van der Waals surface area contributed by atoms with Crippen molar-refractivity contribution in [1.82, 2.24) is 10.2 Å². The maximum absolute atomic E-state index is 13.7. The SMILES string of the molecule is CC(C(=O)NC1CCCC1)N(Cc1ccccc1)C(=O)CCCN(c1ccc(F)c(F)c1)S(C)(=O)=O. The highest BCUT2D eigenvalue weighted by molar-refractivity contribution is 7.92. The fourth-order valence-electron chi connectivity index (χ4n) is 4.40. The third kappa shape index (κ3) is 7.49. The van der Waals surface area contributed by atoms with Crippen LogP contribution in [0.2, 0.25) is 0 Å². The summed E-state index contributed by atoms with van der Waals surface area (Å²) in [5, 5.41) is 3.04. The lowest BCUT2D eigenvalue weighted by Gasteiger charge is -2.30. The zero-order chi connectivity index (χ0) is 26.3. The van der Waals surface area contributed by atoms with E-state index < -0.39 is 27.7 Å². The van der Waals surface area contributed by atoms with Crippen LogP contribution in [-0.2, 0) is 26.2 Å². The van der Waals surface area contributed by atoms with E-state index in [4.69, 9.17) is 0 Å². The van der Waals surface area contributed by atoms with Crippen molar-refractivity contribution >= 4 is 27.5 Å². The molecule has 1 atom stereocenters. The van der Waals surface area contributed by atoms with Crippen molar-refractivity contribution in [3.05, 3.63) is 65.7 Å². The number of hydrogen-bond donors (Lipinski definition) is 1. The van der Waals surface area contributed by atoms with Gasteiger partial charge < -0.3 is 10.2 Å². The molecule has 0 aromatic heterocycles. The summed E-state index contributed by atoms with van der Waals surface area (Å²) in [5.41, 5.74) is 0.847. The lowest BCUT2D eigenvalue weighted by molar-refractivity contribution is -0.141. The van der Waals surface area contributed by atoms with Crippen LogP contribution >= 0.6 is 0 Å². The molecule has 196 valence electrons. The Morgan fingerprint density at radius 2 is 1.72 bits per heavy atom. The van der Waals surface area contributed by atoms with Gasteiger partial charge in [-0.2, -0.15) is 0 Å². The summed E-state index contributed by atoms with van der Waals surface area (Å²) in [5.74, 6) is -2.76. The molecule has 7 nitrogen and oxygen atoms in total. The number of benzene rings is 2. The van der Waals surface area contributed by atoms with E-state index in [1.807, 2.05) is 30.3 Å². The van der Waals surface area contributed by atoms with Crippen molar-refractivity contribution in [2.75, 3.05) is 17.1 Å². The molecule has 1 unspecified atom stereocenters. The maximum atomic E-state index is 13.7. The largest absolute Gasteiger partial charge is 0.352 e. The van der Waals surface area contributed by atoms with Crippen LogP contribution in [-0.4, -0.2) is 50.0 Å². The molecule has 2 aromatic carbocycles. The van der Waals surface area contributed by atoms with Crippen LogP contribution in [0.1, 0.15) is 51.0 Å². The molecule has 1 N–H and O–H groups in total. The highest BCUT2D eigenvalue weighted by Crippen LogP contribution is 2.22. The van der Waals surface area contributed by atoms with Gasteiger partial charge in [0.05, 0.1) is 11.9 Å². The summed E-state index contributed by atoms with van der Waals surface area (Å²) in [6, 6.07) is 11.6. The molecular weight excluding hydrogens is 488 g/mol. The number of carbonyl (C=O) groups is 2. The summed E-state index contributed by atoms with van der Waals surface area (Å²) >= 11 is 0. The van der Waals surface area contributed by atoms with Gasteiger partial charge >= 0.3 is 0 Å². The van der Waals surface area contributed by atoms with E-state index >= 15 is 0 Å². The number of nitrogens with zero attached hydrogens (tertiary/aromatic N) is 2. The second-order valence-corrected chi connectivity index (χ2v) is 11.1. The van der Waals surface area contributed by atoms with Gasteiger partial charge in [0.2, 0.25) is 21.8 Å². The van der Waals surface area contributed by atoms with E-state index in [2.05, 4.69) is 5.32 Å². The maximum Gasteiger partial charge on any atom is 0.242 e. The third-order valence-electron chi connectivity index (χ3n) is 6.41. The van der Waals surface area contributed by atoms with Gasteiger partial charge in [-0.3, -0.25) is 13.9 Å². The molecule has 0 aliphatic heterocycles. The van der Waals surface area contributed by atoms with Gasteiger partial charge in [0.1, 0.15) is 6.04 Å². The Morgan fingerprint density at radius 3 is 2.33 bits per heavy atom. The van der Waals surface area contributed by atoms with E-state index in [9.17, 15) is 26.8 Å². The van der Waals surface area contributed by atoms with Crippen LogP contribution in [0, 0.1) is 11.6 Å². The topological polar surface area (TPSA) is 86.8 Å². The average Bonchev–Trinajstić information content (AvgIpc) is 3.34. The molecule has 0 bridgehead atoms. The van der Waals surface area contributed by atoms with Gasteiger partial charge in [-0.05, 0) is 43.9 Å². The molecule has 3 rings (SSSR count). The summed E-state index contributed by atoms with van der Waals surface area (Å²) in [7, 11) is -3.80. The van der Waals surface area contributed by atoms with Crippen LogP contribution in [0.25, 0.3) is 0 Å². The smallest absolute Gasteiger partial charge is 0.242 e. The van der Waals surface area contributed by atoms with Gasteiger partial charge in [-0.1, -0.05) is 43.2 Å². The summed E-state index contributed by atoms with van der Waals surface area (Å²) in [4.78, 5) is 27.7. The summed E-state index contributed by atoms with van der Waals surface area (Å²) in [6.45, 7) is 1.82. The van der Waals surface area contributed by atoms with Crippen molar-refractivity contribution in [3.63, 3.8) is 0 Å². The van der Waals surface area contributed by atoms with Gasteiger partial charge in [0.25, 0.3) is 0 Å². The van der Waals surface area contributed by atoms with E-state index in [0.29, 0.717) is 0 Å². The van der Waals surface area contributed by atoms with Crippen LogP contribution in [0.5, 0.6) is 0 Å². The Labute approximate surface area is 211 Å². The predicted octanol–water partition coefficient (Wildman–Crippen LogP) is 3.99. The minimum atomic E-state index is -3.80. The van der Waals surface area contributed by atoms with Crippen molar-refractivity contribution < 1.29 is 26.8 Å². The zero-order valence-corrected chi connectivity index (χ0v) is 21.4. The molecular formula is C26H33F2N3O4S. The van der Waals surface area contributed by atoms with Crippen molar-refractivity contribution in [2.24, 2.45) is 0 Å². The molecule has 1 aliphatic carbocycles. The summed E-state index contributed by atoms with van der Waals surface area (Å²) in [6.07, 6.45) is 5.07. The Bertz CT molecular complexity index is 1160. The highest BCUT2D eigenvalue weighted by Gasteiger charge is 2.28. The Morgan fingerprint density at radius 1 is 1.06 bits per heavy atom. The van der Waals surface area contributed by atoms with E-state index in [1.165, 1.54) is 11.0 Å². The standard InChI is InChI=1S/C26H33F2N3O4S/c1-19(26(33)29-21-11-6-7-12-21)30(18-20-9-4-3-5-10-20)25(32)13-8-16-31(36(2,34)35)22-14-15-23(27)24(28)17-22/h3-5,9-10,14-15,17,19,21H,6-8,11-13,16,18H2,1-2H3,(H,29,33). The predicted molar refractivity (Wildman–Crippen MR) is 135 cm³/mol. The van der Waals surface area contributed by atoms with E-state index in [-0.39, 0.29) is 49.5 Å². The van der Waals surface area contributed by atoms with Crippen LogP contribution < -0.4 is 9.62 Å². The number of nitrogens with one attached hydrogen (secondary N) is 1. The summed E-state index contributed by atoms with van der Waals surface area (Å²) < 4.78 is 52.6. The lowest BCUT2D eigenvalue weighted by Crippen LogP contribution is -2.49. The quantitative estimate of drug-likeness (QED) is 0.485. The molecule has 1 saturated carbocycles. The second kappa shape index (κ2) is 12.3. The molecule has 10 heteroatoms. The molecule has 0 heterocycles. The highest BCUT2D eigenvalue weighted by atomic mass is 32.2. The van der Waals surface area contributed by atoms with E-state index in [0.717, 1.165) is 53.9 Å². The number of rotatable bonds is 11. The first-order valence-electron chi connectivity index (χ1n) is 12.1.